The molecule has 1 unspecified atom stereocenters. The molecule has 1 aromatic carbocycles. The highest BCUT2D eigenvalue weighted by atomic mass is 35.5. The molecule has 0 radical (unpaired) electrons. The first-order valence-corrected chi connectivity index (χ1v) is 7.19. The van der Waals surface area contributed by atoms with E-state index in [4.69, 9.17) is 28.9 Å². The molecule has 0 aliphatic carbocycles. The summed E-state index contributed by atoms with van der Waals surface area (Å²) in [5.74, 6) is -0.388. The Bertz CT molecular complexity index is 903. The van der Waals surface area contributed by atoms with Gasteiger partial charge >= 0.3 is 0 Å². The molecule has 0 saturated carbocycles. The van der Waals surface area contributed by atoms with Gasteiger partial charge < -0.3 is 15.8 Å². The van der Waals surface area contributed by atoms with Gasteiger partial charge in [-0.25, -0.2) is 4.98 Å². The predicted octanol–water partition coefficient (Wildman–Crippen LogP) is 2.26. The van der Waals surface area contributed by atoms with Gasteiger partial charge in [0.25, 0.3) is 5.56 Å². The molecule has 3 rings (SSSR count). The Kier molecular flexibility index (Phi) is 3.82. The molecule has 0 aliphatic rings. The van der Waals surface area contributed by atoms with Crippen LogP contribution < -0.4 is 11.3 Å². The van der Waals surface area contributed by atoms with Crippen LogP contribution in [0.25, 0.3) is 11.0 Å². The fourth-order valence-electron chi connectivity index (χ4n) is 2.43. The highest BCUT2D eigenvalue weighted by Gasteiger charge is 2.20. The van der Waals surface area contributed by atoms with Gasteiger partial charge in [-0.2, -0.15) is 0 Å². The van der Waals surface area contributed by atoms with Crippen molar-refractivity contribution in [2.45, 2.75) is 5.92 Å². The van der Waals surface area contributed by atoms with E-state index in [2.05, 4.69) is 15.0 Å². The number of nitrogens with zero attached hydrogens (tertiary/aromatic N) is 1. The number of nitrogen functional groups attached to an aromatic ring is 1. The smallest absolute Gasteiger partial charge is 0.276 e. The zero-order chi connectivity index (χ0) is 15.9. The molecule has 6 nitrogen and oxygen atoms in total. The van der Waals surface area contributed by atoms with Gasteiger partial charge in [-0.05, 0) is 17.7 Å². The van der Waals surface area contributed by atoms with Crippen LogP contribution in [-0.4, -0.2) is 26.7 Å². The predicted molar refractivity (Wildman–Crippen MR) is 86.5 cm³/mol. The van der Waals surface area contributed by atoms with Gasteiger partial charge in [0.2, 0.25) is 5.95 Å². The van der Waals surface area contributed by atoms with Gasteiger partial charge in [0.15, 0.2) is 0 Å². The third-order valence-corrected chi connectivity index (χ3v) is 4.23. The normalized spacial score (nSPS) is 12.7. The highest BCUT2D eigenvalue weighted by molar-refractivity contribution is 6.42. The van der Waals surface area contributed by atoms with Crippen LogP contribution in [0, 0.1) is 0 Å². The maximum absolute atomic E-state index is 11.9. The third kappa shape index (κ3) is 2.45. The van der Waals surface area contributed by atoms with Gasteiger partial charge in [-0.3, -0.25) is 9.78 Å². The lowest BCUT2D eigenvalue weighted by atomic mass is 9.93. The molecule has 8 heteroatoms. The van der Waals surface area contributed by atoms with E-state index in [0.29, 0.717) is 26.6 Å². The Morgan fingerprint density at radius 1 is 1.32 bits per heavy atom. The Morgan fingerprint density at radius 3 is 2.77 bits per heavy atom. The van der Waals surface area contributed by atoms with Crippen molar-refractivity contribution >= 4 is 40.2 Å². The third-order valence-electron chi connectivity index (χ3n) is 3.49. The summed E-state index contributed by atoms with van der Waals surface area (Å²) in [6, 6.07) is 5.11. The van der Waals surface area contributed by atoms with E-state index in [-0.39, 0.29) is 18.1 Å². The molecular formula is C14H12Cl2N4O2. The number of hydrogen-bond donors (Lipinski definition) is 4. The largest absolute Gasteiger partial charge is 0.395 e. The summed E-state index contributed by atoms with van der Waals surface area (Å²) in [5.41, 5.74) is 7.39. The monoisotopic (exact) mass is 338 g/mol. The van der Waals surface area contributed by atoms with Crippen LogP contribution in [0.4, 0.5) is 5.95 Å². The van der Waals surface area contributed by atoms with Crippen LogP contribution in [0.1, 0.15) is 17.0 Å². The van der Waals surface area contributed by atoms with E-state index in [0.717, 1.165) is 5.56 Å². The van der Waals surface area contributed by atoms with Gasteiger partial charge in [0.05, 0.1) is 16.7 Å². The van der Waals surface area contributed by atoms with Gasteiger partial charge in [-0.1, -0.05) is 29.3 Å². The molecule has 0 aliphatic heterocycles. The highest BCUT2D eigenvalue weighted by Crippen LogP contribution is 2.32. The Balaban J connectivity index is 2.19. The molecule has 0 saturated heterocycles. The van der Waals surface area contributed by atoms with Crippen molar-refractivity contribution < 1.29 is 5.11 Å². The van der Waals surface area contributed by atoms with Crippen molar-refractivity contribution in [3.63, 3.8) is 0 Å². The maximum Gasteiger partial charge on any atom is 0.276 e. The van der Waals surface area contributed by atoms with Crippen molar-refractivity contribution in [2.24, 2.45) is 0 Å². The molecule has 0 bridgehead atoms. The Morgan fingerprint density at radius 2 is 2.09 bits per heavy atom. The number of anilines is 1. The second-order valence-electron chi connectivity index (χ2n) is 4.83. The molecule has 2 heterocycles. The Hall–Kier alpha value is -2.02. The lowest BCUT2D eigenvalue weighted by Crippen LogP contribution is -2.12. The van der Waals surface area contributed by atoms with Crippen LogP contribution in [0.15, 0.2) is 29.2 Å². The lowest BCUT2D eigenvalue weighted by molar-refractivity contribution is 0.281. The molecule has 1 atom stereocenters. The van der Waals surface area contributed by atoms with E-state index in [1.54, 1.807) is 24.4 Å². The first-order chi connectivity index (χ1) is 10.5. The molecule has 0 fully saturated rings. The quantitative estimate of drug-likeness (QED) is 0.587. The summed E-state index contributed by atoms with van der Waals surface area (Å²) in [4.78, 5) is 21.3. The van der Waals surface area contributed by atoms with E-state index in [1.807, 2.05) is 0 Å². The summed E-state index contributed by atoms with van der Waals surface area (Å²) in [6.07, 6.45) is 1.63. The van der Waals surface area contributed by atoms with Gasteiger partial charge in [0.1, 0.15) is 11.0 Å². The first kappa shape index (κ1) is 14.9. The fourth-order valence-corrected chi connectivity index (χ4v) is 2.74. The molecule has 5 N–H and O–H groups in total. The standard InChI is InChI=1S/C14H12Cl2N4O2/c15-9-2-1-6(3-10(9)16)8(5-21)7-4-18-12-11(7)19-14(17)20-13(12)22/h1-4,8,18,21H,5H2,(H3,17,19,20,22). The average Bonchev–Trinajstić information content (AvgIpc) is 2.88. The minimum Gasteiger partial charge on any atom is -0.395 e. The minimum atomic E-state index is -0.405. The number of aromatic nitrogens is 3. The van der Waals surface area contributed by atoms with E-state index in [1.165, 1.54) is 0 Å². The second kappa shape index (κ2) is 5.64. The average molecular weight is 339 g/mol. The SMILES string of the molecule is Nc1nc2c(C(CO)c3ccc(Cl)c(Cl)c3)c[nH]c2c(=O)[nH]1. The van der Waals surface area contributed by atoms with Gasteiger partial charge in [0, 0.05) is 17.7 Å². The number of aromatic amines is 2. The van der Waals surface area contributed by atoms with E-state index in [9.17, 15) is 9.90 Å². The molecule has 0 amide bonds. The summed E-state index contributed by atoms with van der Waals surface area (Å²) in [6.45, 7) is -0.181. The number of benzene rings is 1. The summed E-state index contributed by atoms with van der Waals surface area (Å²) in [5, 5.41) is 10.6. The molecule has 3 aromatic rings. The van der Waals surface area contributed by atoms with Crippen molar-refractivity contribution in [3.8, 4) is 0 Å². The first-order valence-electron chi connectivity index (χ1n) is 6.44. The number of rotatable bonds is 3. The zero-order valence-electron chi connectivity index (χ0n) is 11.2. The summed E-state index contributed by atoms with van der Waals surface area (Å²) >= 11 is 11.9. The number of halogens is 2. The number of aliphatic hydroxyl groups excluding tert-OH is 1. The molecule has 0 spiro atoms. The molecule has 22 heavy (non-hydrogen) atoms. The minimum absolute atomic E-state index is 0.0178. The van der Waals surface area contributed by atoms with Crippen LogP contribution in [-0.2, 0) is 0 Å². The van der Waals surface area contributed by atoms with Crippen LogP contribution in [0.2, 0.25) is 10.0 Å². The number of nitrogens with two attached hydrogens (primary N) is 1. The molecule has 2 aromatic heterocycles. The van der Waals surface area contributed by atoms with Crippen molar-refractivity contribution in [1.29, 1.82) is 0 Å². The van der Waals surface area contributed by atoms with E-state index >= 15 is 0 Å². The van der Waals surface area contributed by atoms with Gasteiger partial charge in [-0.15, -0.1) is 0 Å². The Labute approximate surface area is 134 Å². The van der Waals surface area contributed by atoms with Crippen LogP contribution in [0.3, 0.4) is 0 Å². The van der Waals surface area contributed by atoms with Crippen molar-refractivity contribution in [1.82, 2.24) is 15.0 Å². The topological polar surface area (TPSA) is 108 Å². The summed E-state index contributed by atoms with van der Waals surface area (Å²) < 4.78 is 0. The fraction of sp³-hybridized carbons (Fsp3) is 0.143. The van der Waals surface area contributed by atoms with E-state index < -0.39 is 5.92 Å². The number of aliphatic hydroxyl groups is 1. The number of H-pyrrole nitrogens is 2. The van der Waals surface area contributed by atoms with Crippen LogP contribution >= 0.6 is 23.2 Å². The second-order valence-corrected chi connectivity index (χ2v) is 5.64. The summed E-state index contributed by atoms with van der Waals surface area (Å²) in [7, 11) is 0. The number of fused-ring (bicyclic) bond motifs is 1. The zero-order valence-corrected chi connectivity index (χ0v) is 12.7. The lowest BCUT2D eigenvalue weighted by Gasteiger charge is -2.14. The van der Waals surface area contributed by atoms with Crippen molar-refractivity contribution in [2.75, 3.05) is 12.3 Å². The number of nitrogens with one attached hydrogen (secondary N) is 2. The molecule has 114 valence electrons. The maximum atomic E-state index is 11.9. The molecular weight excluding hydrogens is 327 g/mol. The number of hydrogen-bond acceptors (Lipinski definition) is 4. The van der Waals surface area contributed by atoms with Crippen molar-refractivity contribution in [3.05, 3.63) is 55.9 Å². The van der Waals surface area contributed by atoms with Crippen LogP contribution in [0.5, 0.6) is 0 Å².